The summed E-state index contributed by atoms with van der Waals surface area (Å²) in [5.41, 5.74) is 0.272. The Balaban J connectivity index is 1.87. The maximum Gasteiger partial charge on any atom is 0.0685 e. The second-order valence-electron chi connectivity index (χ2n) is 5.30. The summed E-state index contributed by atoms with van der Waals surface area (Å²) in [5.74, 6) is 0. The van der Waals surface area contributed by atoms with E-state index in [1.807, 2.05) is 0 Å². The molecule has 0 unspecified atom stereocenters. The van der Waals surface area contributed by atoms with Gasteiger partial charge in [0.1, 0.15) is 0 Å². The molecule has 2 fully saturated rings. The van der Waals surface area contributed by atoms with Crippen LogP contribution >= 0.6 is 0 Å². The summed E-state index contributed by atoms with van der Waals surface area (Å²) in [5, 5.41) is 9.73. The Labute approximate surface area is 92.4 Å². The molecule has 2 saturated heterocycles. The highest BCUT2D eigenvalue weighted by atomic mass is 16.5. The maximum atomic E-state index is 9.73. The van der Waals surface area contributed by atoms with E-state index in [9.17, 15) is 5.11 Å². The quantitative estimate of drug-likeness (QED) is 0.766. The number of nitrogens with zero attached hydrogens (tertiary/aromatic N) is 1. The fourth-order valence-electron chi connectivity index (χ4n) is 3.14. The first-order valence-electron chi connectivity index (χ1n) is 6.17. The van der Waals surface area contributed by atoms with Gasteiger partial charge in [0.2, 0.25) is 0 Å². The predicted octanol–water partition coefficient (Wildman–Crippen LogP) is 1.40. The van der Waals surface area contributed by atoms with Crippen LogP contribution in [0.3, 0.4) is 0 Å². The third kappa shape index (κ3) is 2.35. The molecule has 0 saturated carbocycles. The van der Waals surface area contributed by atoms with Gasteiger partial charge in [-0.2, -0.15) is 0 Å². The SMILES string of the molecule is CC(C)OCC[C@@]12CCCN1C[C@H](O)C2. The lowest BCUT2D eigenvalue weighted by atomic mass is 9.90. The lowest BCUT2D eigenvalue weighted by Gasteiger charge is -2.31. The molecular weight excluding hydrogens is 190 g/mol. The predicted molar refractivity (Wildman–Crippen MR) is 59.9 cm³/mol. The zero-order valence-electron chi connectivity index (χ0n) is 9.91. The lowest BCUT2D eigenvalue weighted by molar-refractivity contribution is 0.0460. The number of rotatable bonds is 4. The minimum Gasteiger partial charge on any atom is -0.392 e. The first-order chi connectivity index (χ1) is 7.12. The Morgan fingerprint density at radius 3 is 3.07 bits per heavy atom. The normalized spacial score (nSPS) is 36.4. The zero-order chi connectivity index (χ0) is 10.9. The lowest BCUT2D eigenvalue weighted by Crippen LogP contribution is -2.39. The Morgan fingerprint density at radius 2 is 2.33 bits per heavy atom. The van der Waals surface area contributed by atoms with Crippen LogP contribution in [-0.4, -0.2) is 47.4 Å². The summed E-state index contributed by atoms with van der Waals surface area (Å²) in [6.07, 6.45) is 4.78. The molecule has 0 radical (unpaired) electrons. The molecule has 2 rings (SSSR count). The van der Waals surface area contributed by atoms with Gasteiger partial charge in [-0.15, -0.1) is 0 Å². The molecule has 1 N–H and O–H groups in total. The van der Waals surface area contributed by atoms with Gasteiger partial charge in [-0.25, -0.2) is 0 Å². The molecule has 2 heterocycles. The van der Waals surface area contributed by atoms with E-state index in [0.717, 1.165) is 26.0 Å². The zero-order valence-corrected chi connectivity index (χ0v) is 9.91. The number of fused-ring (bicyclic) bond motifs is 1. The maximum absolute atomic E-state index is 9.73. The minimum absolute atomic E-state index is 0.107. The molecule has 0 bridgehead atoms. The van der Waals surface area contributed by atoms with Crippen molar-refractivity contribution in [3.05, 3.63) is 0 Å². The number of hydrogen-bond donors (Lipinski definition) is 1. The van der Waals surface area contributed by atoms with Crippen molar-refractivity contribution < 1.29 is 9.84 Å². The third-order valence-electron chi connectivity index (χ3n) is 3.81. The first-order valence-corrected chi connectivity index (χ1v) is 6.17. The molecule has 2 aliphatic heterocycles. The molecule has 0 spiro atoms. The van der Waals surface area contributed by atoms with E-state index >= 15 is 0 Å². The van der Waals surface area contributed by atoms with Crippen molar-refractivity contribution in [1.82, 2.24) is 4.90 Å². The van der Waals surface area contributed by atoms with Crippen molar-refractivity contribution >= 4 is 0 Å². The highest BCUT2D eigenvalue weighted by molar-refractivity contribution is 5.03. The van der Waals surface area contributed by atoms with Gasteiger partial charge in [0.25, 0.3) is 0 Å². The number of aliphatic hydroxyl groups excluding tert-OH is 1. The second-order valence-corrected chi connectivity index (χ2v) is 5.30. The summed E-state index contributed by atoms with van der Waals surface area (Å²) in [6.45, 7) is 7.03. The monoisotopic (exact) mass is 213 g/mol. The first kappa shape index (κ1) is 11.4. The third-order valence-corrected chi connectivity index (χ3v) is 3.81. The molecule has 0 aromatic heterocycles. The second kappa shape index (κ2) is 4.40. The van der Waals surface area contributed by atoms with E-state index in [2.05, 4.69) is 18.7 Å². The van der Waals surface area contributed by atoms with Gasteiger partial charge in [-0.3, -0.25) is 4.90 Å². The van der Waals surface area contributed by atoms with Gasteiger partial charge in [-0.05, 0) is 46.1 Å². The van der Waals surface area contributed by atoms with Crippen molar-refractivity contribution in [1.29, 1.82) is 0 Å². The summed E-state index contributed by atoms with van der Waals surface area (Å²) in [7, 11) is 0. The van der Waals surface area contributed by atoms with Crippen LogP contribution in [0.15, 0.2) is 0 Å². The Morgan fingerprint density at radius 1 is 1.53 bits per heavy atom. The van der Waals surface area contributed by atoms with Crippen molar-refractivity contribution in [3.8, 4) is 0 Å². The van der Waals surface area contributed by atoms with Gasteiger partial charge < -0.3 is 9.84 Å². The van der Waals surface area contributed by atoms with E-state index < -0.39 is 0 Å². The van der Waals surface area contributed by atoms with Gasteiger partial charge in [0, 0.05) is 18.7 Å². The van der Waals surface area contributed by atoms with Crippen LogP contribution in [0.25, 0.3) is 0 Å². The van der Waals surface area contributed by atoms with Crippen molar-refractivity contribution in [3.63, 3.8) is 0 Å². The van der Waals surface area contributed by atoms with Gasteiger partial charge in [0.05, 0.1) is 12.2 Å². The summed E-state index contributed by atoms with van der Waals surface area (Å²) < 4.78 is 5.63. The molecule has 2 aliphatic rings. The summed E-state index contributed by atoms with van der Waals surface area (Å²) in [6, 6.07) is 0. The molecule has 2 atom stereocenters. The van der Waals surface area contributed by atoms with E-state index in [-0.39, 0.29) is 11.6 Å². The summed E-state index contributed by atoms with van der Waals surface area (Å²) >= 11 is 0. The number of hydrogen-bond acceptors (Lipinski definition) is 3. The average molecular weight is 213 g/mol. The summed E-state index contributed by atoms with van der Waals surface area (Å²) in [4.78, 5) is 2.47. The fraction of sp³-hybridized carbons (Fsp3) is 1.00. The largest absolute Gasteiger partial charge is 0.392 e. The van der Waals surface area contributed by atoms with Crippen LogP contribution in [0, 0.1) is 0 Å². The van der Waals surface area contributed by atoms with Crippen LogP contribution in [-0.2, 0) is 4.74 Å². The molecular formula is C12H23NO2. The molecule has 3 nitrogen and oxygen atoms in total. The molecule has 0 aliphatic carbocycles. The van der Waals surface area contributed by atoms with Crippen LogP contribution in [0.2, 0.25) is 0 Å². The van der Waals surface area contributed by atoms with Crippen LogP contribution < -0.4 is 0 Å². The van der Waals surface area contributed by atoms with E-state index in [4.69, 9.17) is 4.74 Å². The molecule has 0 aromatic rings. The fourth-order valence-corrected chi connectivity index (χ4v) is 3.14. The van der Waals surface area contributed by atoms with Crippen molar-refractivity contribution in [2.45, 2.75) is 57.3 Å². The van der Waals surface area contributed by atoms with Gasteiger partial charge >= 0.3 is 0 Å². The van der Waals surface area contributed by atoms with E-state index in [1.54, 1.807) is 0 Å². The molecule has 15 heavy (non-hydrogen) atoms. The average Bonchev–Trinajstić information content (AvgIpc) is 2.59. The Kier molecular flexibility index (Phi) is 3.33. The van der Waals surface area contributed by atoms with Crippen molar-refractivity contribution in [2.24, 2.45) is 0 Å². The van der Waals surface area contributed by atoms with Crippen molar-refractivity contribution in [2.75, 3.05) is 19.7 Å². The highest BCUT2D eigenvalue weighted by Crippen LogP contribution is 2.41. The van der Waals surface area contributed by atoms with E-state index in [0.29, 0.717) is 6.10 Å². The molecule has 88 valence electrons. The Bertz CT molecular complexity index is 220. The van der Waals surface area contributed by atoms with Gasteiger partial charge in [-0.1, -0.05) is 0 Å². The smallest absolute Gasteiger partial charge is 0.0685 e. The van der Waals surface area contributed by atoms with Crippen LogP contribution in [0.5, 0.6) is 0 Å². The van der Waals surface area contributed by atoms with Crippen LogP contribution in [0.1, 0.15) is 39.5 Å². The standard InChI is InChI=1S/C12H23NO2/c1-10(2)15-7-5-12-4-3-6-13(12)9-11(14)8-12/h10-11,14H,3-9H2,1-2H3/t11-,12-/m1/s1. The molecule has 0 amide bonds. The molecule has 0 aromatic carbocycles. The van der Waals surface area contributed by atoms with Gasteiger partial charge in [0.15, 0.2) is 0 Å². The van der Waals surface area contributed by atoms with E-state index in [1.165, 1.54) is 19.4 Å². The topological polar surface area (TPSA) is 32.7 Å². The number of β-amino-alcohol motifs (C(OH)–C–C–N with tert-alkyl or cyclic N) is 1. The highest BCUT2D eigenvalue weighted by Gasteiger charge is 2.47. The van der Waals surface area contributed by atoms with Crippen LogP contribution in [0.4, 0.5) is 0 Å². The molecule has 3 heteroatoms. The minimum atomic E-state index is -0.107. The Hall–Kier alpha value is -0.120. The number of aliphatic hydroxyl groups is 1. The number of ether oxygens (including phenoxy) is 1.